The van der Waals surface area contributed by atoms with Gasteiger partial charge in [0.2, 0.25) is 5.89 Å². The lowest BCUT2D eigenvalue weighted by Gasteiger charge is -2.35. The SMILES string of the molecule is Cc1cccc(NC(=O)c2coc(CN3CCN(c4cccc(C(F)(F)F)c4)CC3)n2)c1. The molecule has 0 bridgehead atoms. The van der Waals surface area contributed by atoms with Crippen LogP contribution in [0.1, 0.15) is 27.5 Å². The number of anilines is 2. The van der Waals surface area contributed by atoms with Gasteiger partial charge in [0.1, 0.15) is 6.26 Å². The number of rotatable bonds is 5. The molecule has 1 saturated heterocycles. The molecule has 1 aliphatic heterocycles. The van der Waals surface area contributed by atoms with Crippen LogP contribution in [-0.4, -0.2) is 42.0 Å². The maximum atomic E-state index is 13.0. The van der Waals surface area contributed by atoms with Gasteiger partial charge in [-0.05, 0) is 42.8 Å². The first-order valence-electron chi connectivity index (χ1n) is 10.2. The number of nitrogens with zero attached hydrogens (tertiary/aromatic N) is 3. The van der Waals surface area contributed by atoms with Crippen LogP contribution in [0.4, 0.5) is 24.5 Å². The number of carbonyl (C=O) groups is 1. The van der Waals surface area contributed by atoms with E-state index in [2.05, 4.69) is 15.2 Å². The lowest BCUT2D eigenvalue weighted by atomic mass is 10.1. The van der Waals surface area contributed by atoms with Crippen molar-refractivity contribution in [1.29, 1.82) is 0 Å². The van der Waals surface area contributed by atoms with Crippen molar-refractivity contribution in [3.63, 3.8) is 0 Å². The van der Waals surface area contributed by atoms with Gasteiger partial charge in [-0.1, -0.05) is 18.2 Å². The van der Waals surface area contributed by atoms with Gasteiger partial charge in [-0.3, -0.25) is 9.69 Å². The third kappa shape index (κ3) is 5.28. The number of nitrogens with one attached hydrogen (secondary N) is 1. The van der Waals surface area contributed by atoms with E-state index in [1.165, 1.54) is 18.4 Å². The third-order valence-corrected chi connectivity index (χ3v) is 5.33. The molecule has 0 unspecified atom stereocenters. The smallest absolute Gasteiger partial charge is 0.416 e. The van der Waals surface area contributed by atoms with Gasteiger partial charge in [0.15, 0.2) is 5.69 Å². The van der Waals surface area contributed by atoms with E-state index in [0.717, 1.165) is 11.6 Å². The number of hydrogen-bond acceptors (Lipinski definition) is 5. The van der Waals surface area contributed by atoms with Crippen LogP contribution in [0.2, 0.25) is 0 Å². The van der Waals surface area contributed by atoms with E-state index in [1.807, 2.05) is 30.0 Å². The molecule has 2 heterocycles. The fraction of sp³-hybridized carbons (Fsp3) is 0.304. The van der Waals surface area contributed by atoms with Crippen molar-refractivity contribution < 1.29 is 22.4 Å². The summed E-state index contributed by atoms with van der Waals surface area (Å²) in [6, 6.07) is 12.9. The summed E-state index contributed by atoms with van der Waals surface area (Å²) in [7, 11) is 0. The number of alkyl halides is 3. The van der Waals surface area contributed by atoms with Crippen molar-refractivity contribution in [3.8, 4) is 0 Å². The standard InChI is InChI=1S/C23H23F3N4O2/c1-16-4-2-6-18(12-16)27-22(31)20-15-32-21(28-20)14-29-8-10-30(11-9-29)19-7-3-5-17(13-19)23(24,25)26/h2-7,12-13,15H,8-11,14H2,1H3,(H,27,31). The topological polar surface area (TPSA) is 61.6 Å². The third-order valence-electron chi connectivity index (χ3n) is 5.33. The van der Waals surface area contributed by atoms with Crippen LogP contribution >= 0.6 is 0 Å². The molecule has 1 N–H and O–H groups in total. The van der Waals surface area contributed by atoms with E-state index < -0.39 is 11.7 Å². The fourth-order valence-corrected chi connectivity index (χ4v) is 3.64. The molecule has 4 rings (SSSR count). The highest BCUT2D eigenvalue weighted by Crippen LogP contribution is 2.32. The monoisotopic (exact) mass is 444 g/mol. The van der Waals surface area contributed by atoms with Crippen molar-refractivity contribution in [1.82, 2.24) is 9.88 Å². The lowest BCUT2D eigenvalue weighted by Crippen LogP contribution is -2.46. The normalized spacial score (nSPS) is 15.1. The Morgan fingerprint density at radius 1 is 1.09 bits per heavy atom. The van der Waals surface area contributed by atoms with E-state index in [0.29, 0.717) is 50.0 Å². The quantitative estimate of drug-likeness (QED) is 0.625. The summed E-state index contributed by atoms with van der Waals surface area (Å²) < 4.78 is 44.4. The minimum atomic E-state index is -4.36. The van der Waals surface area contributed by atoms with Crippen molar-refractivity contribution in [2.45, 2.75) is 19.6 Å². The average molecular weight is 444 g/mol. The Morgan fingerprint density at radius 3 is 2.56 bits per heavy atom. The Balaban J connectivity index is 1.31. The molecule has 3 aromatic rings. The Bertz CT molecular complexity index is 1090. The molecule has 168 valence electrons. The highest BCUT2D eigenvalue weighted by molar-refractivity contribution is 6.02. The highest BCUT2D eigenvalue weighted by atomic mass is 19.4. The fourth-order valence-electron chi connectivity index (χ4n) is 3.64. The molecule has 1 fully saturated rings. The number of carbonyl (C=O) groups excluding carboxylic acids is 1. The first-order chi connectivity index (χ1) is 15.3. The van der Waals surface area contributed by atoms with Crippen molar-refractivity contribution >= 4 is 17.3 Å². The molecule has 0 radical (unpaired) electrons. The predicted octanol–water partition coefficient (Wildman–Crippen LogP) is 4.58. The average Bonchev–Trinajstić information content (AvgIpc) is 3.22. The van der Waals surface area contributed by atoms with Crippen LogP contribution in [0.25, 0.3) is 0 Å². The minimum Gasteiger partial charge on any atom is -0.447 e. The van der Waals surface area contributed by atoms with Crippen molar-refractivity contribution in [2.24, 2.45) is 0 Å². The molecule has 6 nitrogen and oxygen atoms in total. The Hall–Kier alpha value is -3.33. The highest BCUT2D eigenvalue weighted by Gasteiger charge is 2.31. The zero-order chi connectivity index (χ0) is 22.7. The molecule has 9 heteroatoms. The predicted molar refractivity (Wildman–Crippen MR) is 115 cm³/mol. The summed E-state index contributed by atoms with van der Waals surface area (Å²) in [5, 5.41) is 2.79. The van der Waals surface area contributed by atoms with Gasteiger partial charge in [-0.2, -0.15) is 13.2 Å². The summed E-state index contributed by atoms with van der Waals surface area (Å²) in [4.78, 5) is 20.7. The Labute approximate surface area is 183 Å². The second-order valence-electron chi connectivity index (χ2n) is 7.76. The van der Waals surface area contributed by atoms with Crippen LogP contribution in [0.5, 0.6) is 0 Å². The molecule has 2 aromatic carbocycles. The number of benzene rings is 2. The summed E-state index contributed by atoms with van der Waals surface area (Å²) in [6.07, 6.45) is -3.02. The zero-order valence-electron chi connectivity index (χ0n) is 17.5. The van der Waals surface area contributed by atoms with Crippen LogP contribution in [0, 0.1) is 6.92 Å². The van der Waals surface area contributed by atoms with Crippen molar-refractivity contribution in [3.05, 3.63) is 77.5 Å². The molecular formula is C23H23F3N4O2. The maximum absolute atomic E-state index is 13.0. The number of aryl methyl sites for hydroxylation is 1. The molecule has 0 aliphatic carbocycles. The Kier molecular flexibility index (Phi) is 6.18. The van der Waals surface area contributed by atoms with Gasteiger partial charge in [0, 0.05) is 37.6 Å². The van der Waals surface area contributed by atoms with E-state index in [4.69, 9.17) is 4.42 Å². The minimum absolute atomic E-state index is 0.198. The van der Waals surface area contributed by atoms with Gasteiger partial charge in [-0.15, -0.1) is 0 Å². The number of piperazine rings is 1. The second kappa shape index (κ2) is 9.04. The van der Waals surface area contributed by atoms with E-state index in [9.17, 15) is 18.0 Å². The number of aromatic nitrogens is 1. The van der Waals surface area contributed by atoms with Crippen LogP contribution in [-0.2, 0) is 12.7 Å². The number of halogens is 3. The summed E-state index contributed by atoms with van der Waals surface area (Å²) in [5.41, 5.74) is 1.83. The van der Waals surface area contributed by atoms with Gasteiger partial charge in [-0.25, -0.2) is 4.98 Å². The molecule has 0 spiro atoms. The van der Waals surface area contributed by atoms with Gasteiger partial charge in [0.05, 0.1) is 12.1 Å². The number of amides is 1. The second-order valence-corrected chi connectivity index (χ2v) is 7.76. The molecule has 0 saturated carbocycles. The van der Waals surface area contributed by atoms with Crippen LogP contribution < -0.4 is 10.2 Å². The summed E-state index contributed by atoms with van der Waals surface area (Å²) >= 11 is 0. The molecule has 0 atom stereocenters. The molecule has 32 heavy (non-hydrogen) atoms. The lowest BCUT2D eigenvalue weighted by molar-refractivity contribution is -0.137. The Morgan fingerprint density at radius 2 is 1.84 bits per heavy atom. The van der Waals surface area contributed by atoms with Gasteiger partial charge < -0.3 is 14.6 Å². The zero-order valence-corrected chi connectivity index (χ0v) is 17.5. The van der Waals surface area contributed by atoms with Crippen LogP contribution in [0.3, 0.4) is 0 Å². The van der Waals surface area contributed by atoms with Crippen LogP contribution in [0.15, 0.2) is 59.2 Å². The van der Waals surface area contributed by atoms with E-state index in [1.54, 1.807) is 12.1 Å². The molecular weight excluding hydrogens is 421 g/mol. The first kappa shape index (κ1) is 21.9. The van der Waals surface area contributed by atoms with Crippen molar-refractivity contribution in [2.75, 3.05) is 36.4 Å². The van der Waals surface area contributed by atoms with E-state index in [-0.39, 0.29) is 11.6 Å². The largest absolute Gasteiger partial charge is 0.447 e. The van der Waals surface area contributed by atoms with Gasteiger partial charge in [0.25, 0.3) is 5.91 Å². The molecule has 1 aromatic heterocycles. The maximum Gasteiger partial charge on any atom is 0.416 e. The molecule has 1 aliphatic rings. The van der Waals surface area contributed by atoms with E-state index >= 15 is 0 Å². The molecule has 1 amide bonds. The van der Waals surface area contributed by atoms with Gasteiger partial charge >= 0.3 is 6.18 Å². The summed E-state index contributed by atoms with van der Waals surface area (Å²) in [5.74, 6) is 0.0758. The number of hydrogen-bond donors (Lipinski definition) is 1. The number of oxazole rings is 1. The first-order valence-corrected chi connectivity index (χ1v) is 10.2. The summed E-state index contributed by atoms with van der Waals surface area (Å²) in [6.45, 7) is 4.82.